The van der Waals surface area contributed by atoms with Crippen molar-refractivity contribution in [3.8, 4) is 0 Å². The Balaban J connectivity index is 2.13. The number of carbonyl (C=O) groups is 3. The van der Waals surface area contributed by atoms with Gasteiger partial charge in [0.2, 0.25) is 5.91 Å². The summed E-state index contributed by atoms with van der Waals surface area (Å²) in [4.78, 5) is 33.8. The molecule has 1 amide bonds. The molecule has 0 bridgehead atoms. The molecule has 0 aliphatic heterocycles. The molecule has 1 aromatic rings. The number of halogens is 1. The van der Waals surface area contributed by atoms with Crippen LogP contribution in [0.5, 0.6) is 0 Å². The minimum Gasteiger partial charge on any atom is -0.481 e. The Morgan fingerprint density at radius 1 is 1.19 bits per heavy atom. The second-order valence-corrected chi connectivity index (χ2v) is 5.05. The van der Waals surface area contributed by atoms with Crippen LogP contribution in [-0.2, 0) is 19.8 Å². The number of amides is 1. The first-order chi connectivity index (χ1) is 9.85. The Labute approximate surface area is 119 Å². The average molecular weight is 295 g/mol. The van der Waals surface area contributed by atoms with Gasteiger partial charge in [0, 0.05) is 0 Å². The first-order valence-corrected chi connectivity index (χ1v) is 6.37. The highest BCUT2D eigenvalue weighted by Gasteiger charge is 2.52. The molecule has 1 aliphatic rings. The molecule has 6 nitrogen and oxygen atoms in total. The van der Waals surface area contributed by atoms with Gasteiger partial charge < -0.3 is 15.5 Å². The van der Waals surface area contributed by atoms with Gasteiger partial charge in [0.05, 0.1) is 11.8 Å². The maximum atomic E-state index is 12.9. The van der Waals surface area contributed by atoms with Crippen LogP contribution >= 0.6 is 0 Å². The summed E-state index contributed by atoms with van der Waals surface area (Å²) >= 11 is 0. The fourth-order valence-electron chi connectivity index (χ4n) is 2.21. The van der Waals surface area contributed by atoms with Crippen molar-refractivity contribution in [2.75, 3.05) is 0 Å². The van der Waals surface area contributed by atoms with Crippen molar-refractivity contribution in [2.24, 2.45) is 0 Å². The predicted octanol–water partition coefficient (Wildman–Crippen LogP) is 0.901. The Morgan fingerprint density at radius 2 is 1.76 bits per heavy atom. The molecule has 21 heavy (non-hydrogen) atoms. The highest BCUT2D eigenvalue weighted by Crippen LogP contribution is 2.48. The number of carbonyl (C=O) groups excluding carboxylic acids is 1. The van der Waals surface area contributed by atoms with Gasteiger partial charge in [-0.3, -0.25) is 9.59 Å². The van der Waals surface area contributed by atoms with Crippen molar-refractivity contribution in [3.05, 3.63) is 35.6 Å². The fraction of sp³-hybridized carbons (Fsp3) is 0.357. The van der Waals surface area contributed by atoms with E-state index in [1.807, 2.05) is 0 Å². The molecule has 7 heteroatoms. The Hall–Kier alpha value is -2.44. The molecule has 1 atom stereocenters. The molecule has 112 valence electrons. The summed E-state index contributed by atoms with van der Waals surface area (Å²) in [5, 5.41) is 19.8. The minimum absolute atomic E-state index is 0.427. The van der Waals surface area contributed by atoms with E-state index in [0.717, 1.165) is 0 Å². The van der Waals surface area contributed by atoms with Gasteiger partial charge in [-0.25, -0.2) is 9.18 Å². The molecule has 0 radical (unpaired) electrons. The lowest BCUT2D eigenvalue weighted by atomic mass is 9.94. The van der Waals surface area contributed by atoms with Crippen LogP contribution in [0.15, 0.2) is 24.3 Å². The van der Waals surface area contributed by atoms with E-state index in [2.05, 4.69) is 5.32 Å². The minimum atomic E-state index is -1.48. The maximum Gasteiger partial charge on any atom is 0.326 e. The Kier molecular flexibility index (Phi) is 3.93. The Bertz CT molecular complexity index is 580. The molecule has 2 rings (SSSR count). The van der Waals surface area contributed by atoms with Gasteiger partial charge in [0.1, 0.15) is 11.9 Å². The monoisotopic (exact) mass is 295 g/mol. The first kappa shape index (κ1) is 15.0. The largest absolute Gasteiger partial charge is 0.481 e. The molecule has 0 saturated heterocycles. The number of hydrogen-bond acceptors (Lipinski definition) is 3. The summed E-state index contributed by atoms with van der Waals surface area (Å²) in [6.07, 6.45) is 0.342. The van der Waals surface area contributed by atoms with Gasteiger partial charge in [-0.15, -0.1) is 0 Å². The number of hydrogen-bond donors (Lipinski definition) is 3. The SMILES string of the molecule is O=C(O)CC(NC(=O)C1(c2ccc(F)cc2)CC1)C(=O)O. The maximum absolute atomic E-state index is 12.9. The average Bonchev–Trinajstić information content (AvgIpc) is 3.19. The second-order valence-electron chi connectivity index (χ2n) is 5.05. The number of aliphatic carboxylic acids is 2. The van der Waals surface area contributed by atoms with Crippen molar-refractivity contribution in [3.63, 3.8) is 0 Å². The molecule has 1 aliphatic carbocycles. The number of carboxylic acid groups (broad SMARTS) is 2. The molecule has 1 fully saturated rings. The van der Waals surface area contributed by atoms with Crippen molar-refractivity contribution in [1.82, 2.24) is 5.32 Å². The zero-order chi connectivity index (χ0) is 15.6. The number of benzene rings is 1. The lowest BCUT2D eigenvalue weighted by Gasteiger charge is -2.19. The van der Waals surface area contributed by atoms with Crippen molar-refractivity contribution in [1.29, 1.82) is 0 Å². The van der Waals surface area contributed by atoms with Crippen LogP contribution in [0.2, 0.25) is 0 Å². The van der Waals surface area contributed by atoms with Crippen LogP contribution in [0.25, 0.3) is 0 Å². The third-order valence-electron chi connectivity index (χ3n) is 3.56. The first-order valence-electron chi connectivity index (χ1n) is 6.37. The third-order valence-corrected chi connectivity index (χ3v) is 3.56. The number of carboxylic acids is 2. The highest BCUT2D eigenvalue weighted by atomic mass is 19.1. The summed E-state index contributed by atoms with van der Waals surface area (Å²) < 4.78 is 12.9. The lowest BCUT2D eigenvalue weighted by Crippen LogP contribution is -2.46. The third kappa shape index (κ3) is 3.18. The van der Waals surface area contributed by atoms with E-state index in [9.17, 15) is 18.8 Å². The molecule has 1 aromatic carbocycles. The summed E-state index contributed by atoms with van der Waals surface area (Å²) in [6, 6.07) is 3.94. The molecule has 3 N–H and O–H groups in total. The summed E-state index contributed by atoms with van der Waals surface area (Å²) in [5.41, 5.74) is -0.277. The molecular weight excluding hydrogens is 281 g/mol. The van der Waals surface area contributed by atoms with E-state index < -0.39 is 41.5 Å². The molecule has 1 unspecified atom stereocenters. The molecule has 0 spiro atoms. The van der Waals surface area contributed by atoms with Crippen molar-refractivity contribution >= 4 is 17.8 Å². The molecule has 1 saturated carbocycles. The van der Waals surface area contributed by atoms with E-state index in [0.29, 0.717) is 18.4 Å². The topological polar surface area (TPSA) is 104 Å². The van der Waals surface area contributed by atoms with Crippen LogP contribution in [-0.4, -0.2) is 34.1 Å². The van der Waals surface area contributed by atoms with E-state index in [-0.39, 0.29) is 0 Å². The van der Waals surface area contributed by atoms with E-state index in [1.54, 1.807) is 0 Å². The quantitative estimate of drug-likeness (QED) is 0.723. The van der Waals surface area contributed by atoms with E-state index in [4.69, 9.17) is 10.2 Å². The van der Waals surface area contributed by atoms with Crippen LogP contribution < -0.4 is 5.32 Å². The van der Waals surface area contributed by atoms with Gasteiger partial charge >= 0.3 is 11.9 Å². The summed E-state index contributed by atoms with van der Waals surface area (Å²) in [5.74, 6) is -3.68. The molecule has 0 aromatic heterocycles. The van der Waals surface area contributed by atoms with Crippen LogP contribution in [0.1, 0.15) is 24.8 Å². The van der Waals surface area contributed by atoms with E-state index in [1.165, 1.54) is 24.3 Å². The zero-order valence-corrected chi connectivity index (χ0v) is 11.0. The van der Waals surface area contributed by atoms with Crippen LogP contribution in [0.4, 0.5) is 4.39 Å². The van der Waals surface area contributed by atoms with E-state index >= 15 is 0 Å². The van der Waals surface area contributed by atoms with Gasteiger partial charge in [-0.2, -0.15) is 0 Å². The second kappa shape index (κ2) is 5.51. The number of nitrogens with one attached hydrogen (secondary N) is 1. The van der Waals surface area contributed by atoms with Gasteiger partial charge in [0.15, 0.2) is 0 Å². The Morgan fingerprint density at radius 3 is 2.19 bits per heavy atom. The molecular formula is C14H14FNO5. The fourth-order valence-corrected chi connectivity index (χ4v) is 2.21. The molecule has 0 heterocycles. The zero-order valence-electron chi connectivity index (χ0n) is 11.0. The van der Waals surface area contributed by atoms with Crippen molar-refractivity contribution in [2.45, 2.75) is 30.7 Å². The lowest BCUT2D eigenvalue weighted by molar-refractivity contribution is -0.147. The standard InChI is InChI=1S/C14H14FNO5/c15-9-3-1-8(2-4-9)14(5-6-14)13(21)16-10(12(19)20)7-11(17)18/h1-4,10H,5-7H2,(H,16,21)(H,17,18)(H,19,20). The van der Waals surface area contributed by atoms with Crippen molar-refractivity contribution < 1.29 is 29.0 Å². The van der Waals surface area contributed by atoms with Gasteiger partial charge in [0.25, 0.3) is 0 Å². The summed E-state index contributed by atoms with van der Waals surface area (Å²) in [7, 11) is 0. The van der Waals surface area contributed by atoms with Crippen LogP contribution in [0.3, 0.4) is 0 Å². The number of rotatable bonds is 6. The highest BCUT2D eigenvalue weighted by molar-refractivity contribution is 5.94. The predicted molar refractivity (Wildman–Crippen MR) is 69.1 cm³/mol. The summed E-state index contributed by atoms with van der Waals surface area (Å²) in [6.45, 7) is 0. The van der Waals surface area contributed by atoms with Gasteiger partial charge in [-0.1, -0.05) is 12.1 Å². The van der Waals surface area contributed by atoms with Gasteiger partial charge in [-0.05, 0) is 30.5 Å². The normalized spacial score (nSPS) is 16.8. The van der Waals surface area contributed by atoms with Crippen LogP contribution in [0, 0.1) is 5.82 Å². The smallest absolute Gasteiger partial charge is 0.326 e.